The van der Waals surface area contributed by atoms with Crippen molar-refractivity contribution in [3.05, 3.63) is 237 Å². The van der Waals surface area contributed by atoms with Crippen molar-refractivity contribution in [1.82, 2.24) is 0 Å². The number of para-hydroxylation sites is 1. The first-order valence-corrected chi connectivity index (χ1v) is 21.3. The van der Waals surface area contributed by atoms with Crippen LogP contribution in [0.3, 0.4) is 0 Å². The SMILES string of the molecule is c1ccc(-c2ccccc2-c2ccccc2-c2ccccc2N(c2ccc(-c3ccc4ccccc4c3)cc2)c2cccc(-c3cccc4c3sc3ccccc34)c2)cc1. The molecule has 282 valence electrons. The van der Waals surface area contributed by atoms with Gasteiger partial charge in [-0.25, -0.2) is 0 Å². The van der Waals surface area contributed by atoms with E-state index in [0.717, 1.165) is 22.6 Å². The third-order valence-electron chi connectivity index (χ3n) is 11.7. The second-order valence-electron chi connectivity index (χ2n) is 15.2. The minimum atomic E-state index is 1.09. The maximum absolute atomic E-state index is 2.44. The molecule has 1 heterocycles. The number of hydrogen-bond acceptors (Lipinski definition) is 2. The molecule has 0 saturated carbocycles. The lowest BCUT2D eigenvalue weighted by molar-refractivity contribution is 1.28. The van der Waals surface area contributed by atoms with Crippen molar-refractivity contribution in [2.24, 2.45) is 0 Å². The molecule has 0 amide bonds. The fourth-order valence-electron chi connectivity index (χ4n) is 8.82. The minimum Gasteiger partial charge on any atom is -0.310 e. The van der Waals surface area contributed by atoms with E-state index in [1.165, 1.54) is 81.0 Å². The van der Waals surface area contributed by atoms with Crippen LogP contribution < -0.4 is 4.90 Å². The maximum atomic E-state index is 2.44. The number of rotatable bonds is 8. The standard InChI is InChI=1S/C58H39NS/c1-2-17-42(18-3-1)48-22-6-7-23-50(48)51-24-8-9-25-52(51)53-26-10-12-30-56(53)59(46-36-34-41(35-37-46)44-33-32-40-16-4-5-19-43(40)38-44)47-21-14-20-45(39-47)49-28-15-29-55-54-27-11-13-31-57(54)60-58(49)55/h1-39H. The number of anilines is 3. The minimum absolute atomic E-state index is 1.09. The number of fused-ring (bicyclic) bond motifs is 4. The van der Waals surface area contributed by atoms with Crippen molar-refractivity contribution >= 4 is 59.3 Å². The normalized spacial score (nSPS) is 11.3. The fraction of sp³-hybridized carbons (Fsp3) is 0. The predicted molar refractivity (Wildman–Crippen MR) is 259 cm³/mol. The second kappa shape index (κ2) is 15.3. The van der Waals surface area contributed by atoms with Gasteiger partial charge in [-0.15, -0.1) is 11.3 Å². The van der Waals surface area contributed by atoms with Crippen LogP contribution in [0.4, 0.5) is 17.1 Å². The lowest BCUT2D eigenvalue weighted by Gasteiger charge is -2.29. The average Bonchev–Trinajstić information content (AvgIpc) is 3.71. The monoisotopic (exact) mass is 781 g/mol. The summed E-state index contributed by atoms with van der Waals surface area (Å²) in [6, 6.07) is 86.2. The molecule has 11 rings (SSSR count). The fourth-order valence-corrected chi connectivity index (χ4v) is 10.1. The van der Waals surface area contributed by atoms with E-state index in [2.05, 4.69) is 241 Å². The van der Waals surface area contributed by atoms with E-state index in [-0.39, 0.29) is 0 Å². The third kappa shape index (κ3) is 6.44. The van der Waals surface area contributed by atoms with Gasteiger partial charge in [0.2, 0.25) is 0 Å². The molecule has 0 saturated heterocycles. The van der Waals surface area contributed by atoms with Crippen LogP contribution in [0.1, 0.15) is 0 Å². The number of benzene rings is 10. The summed E-state index contributed by atoms with van der Waals surface area (Å²) in [5.74, 6) is 0. The van der Waals surface area contributed by atoms with Crippen molar-refractivity contribution in [3.63, 3.8) is 0 Å². The van der Waals surface area contributed by atoms with Crippen molar-refractivity contribution in [3.8, 4) is 55.6 Å². The van der Waals surface area contributed by atoms with Crippen LogP contribution in [0.5, 0.6) is 0 Å². The largest absolute Gasteiger partial charge is 0.310 e. The summed E-state index contributed by atoms with van der Waals surface area (Å²) in [4.78, 5) is 2.44. The first kappa shape index (κ1) is 35.6. The first-order valence-electron chi connectivity index (χ1n) is 20.5. The highest BCUT2D eigenvalue weighted by Gasteiger charge is 2.21. The highest BCUT2D eigenvalue weighted by atomic mass is 32.1. The summed E-state index contributed by atoms with van der Waals surface area (Å²) < 4.78 is 2.62. The molecule has 60 heavy (non-hydrogen) atoms. The third-order valence-corrected chi connectivity index (χ3v) is 12.9. The highest BCUT2D eigenvalue weighted by molar-refractivity contribution is 7.26. The Morgan fingerprint density at radius 1 is 0.283 bits per heavy atom. The van der Waals surface area contributed by atoms with Crippen molar-refractivity contribution < 1.29 is 0 Å². The van der Waals surface area contributed by atoms with Crippen LogP contribution in [0.2, 0.25) is 0 Å². The Hall–Kier alpha value is -7.52. The molecule has 1 aromatic heterocycles. The molecule has 11 aromatic rings. The van der Waals surface area contributed by atoms with E-state index in [9.17, 15) is 0 Å². The molecule has 0 aliphatic rings. The summed E-state index contributed by atoms with van der Waals surface area (Å²) in [5, 5.41) is 5.11. The van der Waals surface area contributed by atoms with Crippen LogP contribution in [-0.4, -0.2) is 0 Å². The van der Waals surface area contributed by atoms with Gasteiger partial charge in [-0.05, 0) is 103 Å². The molecule has 0 unspecified atom stereocenters. The molecule has 0 bridgehead atoms. The predicted octanol–water partition coefficient (Wildman–Crippen LogP) is 17.0. The molecule has 0 aliphatic heterocycles. The van der Waals surface area contributed by atoms with Crippen LogP contribution in [0, 0.1) is 0 Å². The molecule has 0 radical (unpaired) electrons. The van der Waals surface area contributed by atoms with Gasteiger partial charge in [-0.3, -0.25) is 0 Å². The highest BCUT2D eigenvalue weighted by Crippen LogP contribution is 2.47. The molecule has 2 heteroatoms. The molecular formula is C58H39NS. The van der Waals surface area contributed by atoms with Crippen molar-refractivity contribution in [2.75, 3.05) is 4.90 Å². The lowest BCUT2D eigenvalue weighted by atomic mass is 9.88. The molecule has 0 fully saturated rings. The van der Waals surface area contributed by atoms with E-state index in [0.29, 0.717) is 0 Å². The van der Waals surface area contributed by atoms with Crippen LogP contribution >= 0.6 is 11.3 Å². The topological polar surface area (TPSA) is 3.24 Å². The van der Waals surface area contributed by atoms with Crippen LogP contribution in [0.25, 0.3) is 86.6 Å². The van der Waals surface area contributed by atoms with E-state index in [1.807, 2.05) is 11.3 Å². The number of nitrogens with zero attached hydrogens (tertiary/aromatic N) is 1. The Morgan fingerprint density at radius 2 is 0.850 bits per heavy atom. The van der Waals surface area contributed by atoms with Gasteiger partial charge in [0.1, 0.15) is 0 Å². The zero-order valence-electron chi connectivity index (χ0n) is 32.9. The average molecular weight is 782 g/mol. The maximum Gasteiger partial charge on any atom is 0.0540 e. The Bertz CT molecular complexity index is 3320. The van der Waals surface area contributed by atoms with Gasteiger partial charge in [0, 0.05) is 37.1 Å². The lowest BCUT2D eigenvalue weighted by Crippen LogP contribution is -2.11. The number of thiophene rings is 1. The van der Waals surface area contributed by atoms with Crippen molar-refractivity contribution in [1.29, 1.82) is 0 Å². The Morgan fingerprint density at radius 3 is 1.67 bits per heavy atom. The number of hydrogen-bond donors (Lipinski definition) is 0. The van der Waals surface area contributed by atoms with Gasteiger partial charge >= 0.3 is 0 Å². The smallest absolute Gasteiger partial charge is 0.0540 e. The molecule has 0 atom stereocenters. The van der Waals surface area contributed by atoms with Gasteiger partial charge in [0.05, 0.1) is 5.69 Å². The molecule has 0 N–H and O–H groups in total. The molecule has 1 nitrogen and oxygen atoms in total. The van der Waals surface area contributed by atoms with Gasteiger partial charge in [0.25, 0.3) is 0 Å². The van der Waals surface area contributed by atoms with Crippen LogP contribution in [-0.2, 0) is 0 Å². The van der Waals surface area contributed by atoms with Gasteiger partial charge in [0.15, 0.2) is 0 Å². The summed E-state index contributed by atoms with van der Waals surface area (Å²) in [5.41, 5.74) is 15.3. The zero-order chi connectivity index (χ0) is 39.8. The van der Waals surface area contributed by atoms with Crippen molar-refractivity contribution in [2.45, 2.75) is 0 Å². The molecule has 0 aliphatic carbocycles. The summed E-state index contributed by atoms with van der Waals surface area (Å²) in [7, 11) is 0. The quantitative estimate of drug-likeness (QED) is 0.148. The summed E-state index contributed by atoms with van der Waals surface area (Å²) in [6.45, 7) is 0. The Balaban J connectivity index is 1.09. The Labute approximate surface area is 354 Å². The van der Waals surface area contributed by atoms with Crippen LogP contribution in [0.15, 0.2) is 237 Å². The van der Waals surface area contributed by atoms with E-state index >= 15 is 0 Å². The van der Waals surface area contributed by atoms with E-state index < -0.39 is 0 Å². The molecule has 0 spiro atoms. The molecule has 10 aromatic carbocycles. The Kier molecular flexibility index (Phi) is 9.11. The van der Waals surface area contributed by atoms with Gasteiger partial charge < -0.3 is 4.90 Å². The second-order valence-corrected chi connectivity index (χ2v) is 16.3. The molecular weight excluding hydrogens is 743 g/mol. The van der Waals surface area contributed by atoms with Gasteiger partial charge in [-0.2, -0.15) is 0 Å². The zero-order valence-corrected chi connectivity index (χ0v) is 33.7. The van der Waals surface area contributed by atoms with E-state index in [4.69, 9.17) is 0 Å². The van der Waals surface area contributed by atoms with Gasteiger partial charge in [-0.1, -0.05) is 194 Å². The van der Waals surface area contributed by atoms with E-state index in [1.54, 1.807) is 0 Å². The first-order chi connectivity index (χ1) is 29.8. The summed E-state index contributed by atoms with van der Waals surface area (Å²) >= 11 is 1.88. The summed E-state index contributed by atoms with van der Waals surface area (Å²) in [6.07, 6.45) is 0.